The van der Waals surface area contributed by atoms with Gasteiger partial charge in [0, 0.05) is 82.1 Å². The first-order chi connectivity index (χ1) is 17.3. The van der Waals surface area contributed by atoms with Crippen molar-refractivity contribution < 1.29 is 9.18 Å². The Morgan fingerprint density at radius 1 is 1.00 bits per heavy atom. The van der Waals surface area contributed by atoms with Crippen LogP contribution in [0.1, 0.15) is 37.5 Å². The number of carbonyl (C=O) groups excluding carboxylic acids is 1. The number of carbonyl (C=O) groups is 1. The molecule has 2 aliphatic heterocycles. The van der Waals surface area contributed by atoms with Crippen molar-refractivity contribution in [2.75, 3.05) is 45.8 Å². The zero-order valence-corrected chi connectivity index (χ0v) is 22.4. The summed E-state index contributed by atoms with van der Waals surface area (Å²) in [7, 11) is 0. The summed E-state index contributed by atoms with van der Waals surface area (Å²) in [5, 5.41) is 0.722. The molecule has 2 saturated heterocycles. The molecule has 0 N–H and O–H groups in total. The van der Waals surface area contributed by atoms with Gasteiger partial charge in [0.2, 0.25) is 5.91 Å². The van der Waals surface area contributed by atoms with Gasteiger partial charge in [-0.3, -0.25) is 19.5 Å². The minimum absolute atomic E-state index is 0.0374. The van der Waals surface area contributed by atoms with Crippen LogP contribution in [0.2, 0.25) is 5.02 Å². The number of hydrogen-bond acceptors (Lipinski definition) is 4. The maximum absolute atomic E-state index is 13.2. The molecule has 0 radical (unpaired) electrons. The highest BCUT2D eigenvalue weighted by Crippen LogP contribution is 2.21. The van der Waals surface area contributed by atoms with Crippen LogP contribution in [0.3, 0.4) is 0 Å². The number of rotatable bonds is 7. The van der Waals surface area contributed by atoms with E-state index >= 15 is 0 Å². The molecule has 0 spiro atoms. The van der Waals surface area contributed by atoms with Crippen LogP contribution in [0.5, 0.6) is 0 Å². The molecule has 0 aromatic heterocycles. The molecule has 194 valence electrons. The average Bonchev–Trinajstić information content (AvgIpc) is 2.85. The fraction of sp³-hybridized carbons (Fsp3) is 0.483. The van der Waals surface area contributed by atoms with E-state index in [1.54, 1.807) is 6.08 Å². The van der Waals surface area contributed by atoms with Gasteiger partial charge in [-0.05, 0) is 67.8 Å². The summed E-state index contributed by atoms with van der Waals surface area (Å²) in [5.74, 6) is -0.178. The van der Waals surface area contributed by atoms with E-state index in [2.05, 4.69) is 35.5 Å². The van der Waals surface area contributed by atoms with E-state index in [-0.39, 0.29) is 17.8 Å². The van der Waals surface area contributed by atoms with Crippen molar-refractivity contribution in [2.45, 2.75) is 45.9 Å². The molecule has 0 aliphatic carbocycles. The highest BCUT2D eigenvalue weighted by atomic mass is 35.5. The molecule has 2 aliphatic rings. The third kappa shape index (κ3) is 7.16. The standard InChI is InChI=1S/C29H38ClFN4O/c1-22(2)34-15-12-32(13-16-34)21-26-18-27(30)8-6-25(26)7-11-29(36)35-17-14-33(19-23(35)3)20-24-4-9-28(31)10-5-24/h4-11,18,22-23H,12-17,19-21H2,1-3H3. The Morgan fingerprint density at radius 2 is 1.69 bits per heavy atom. The van der Waals surface area contributed by atoms with Crippen LogP contribution in [0.25, 0.3) is 6.08 Å². The van der Waals surface area contributed by atoms with Gasteiger partial charge in [0.1, 0.15) is 5.82 Å². The minimum atomic E-state index is -0.216. The molecule has 1 amide bonds. The number of nitrogens with zero attached hydrogens (tertiary/aromatic N) is 4. The molecule has 2 fully saturated rings. The Hall–Kier alpha value is -2.25. The quantitative estimate of drug-likeness (QED) is 0.501. The molecule has 36 heavy (non-hydrogen) atoms. The lowest BCUT2D eigenvalue weighted by Crippen LogP contribution is -2.53. The molecule has 0 bridgehead atoms. The summed E-state index contributed by atoms with van der Waals surface area (Å²) in [6.07, 6.45) is 3.64. The van der Waals surface area contributed by atoms with E-state index < -0.39 is 0 Å². The number of benzene rings is 2. The monoisotopic (exact) mass is 512 g/mol. The Morgan fingerprint density at radius 3 is 2.36 bits per heavy atom. The van der Waals surface area contributed by atoms with Crippen molar-refractivity contribution >= 4 is 23.6 Å². The SMILES string of the molecule is CC(C)N1CCN(Cc2cc(Cl)ccc2C=CC(=O)N2CCN(Cc3ccc(F)cc3)CC2C)CC1. The van der Waals surface area contributed by atoms with Gasteiger partial charge in [-0.1, -0.05) is 29.8 Å². The van der Waals surface area contributed by atoms with Crippen LogP contribution in [0.4, 0.5) is 4.39 Å². The fourth-order valence-corrected chi connectivity index (χ4v) is 5.36. The second-order valence-corrected chi connectivity index (χ2v) is 10.8. The van der Waals surface area contributed by atoms with Crippen molar-refractivity contribution in [2.24, 2.45) is 0 Å². The van der Waals surface area contributed by atoms with Crippen LogP contribution in [-0.2, 0) is 17.9 Å². The second-order valence-electron chi connectivity index (χ2n) is 10.3. The Bertz CT molecular complexity index is 1050. The molecule has 0 saturated carbocycles. The smallest absolute Gasteiger partial charge is 0.246 e. The van der Waals surface area contributed by atoms with Crippen LogP contribution in [-0.4, -0.2) is 83.4 Å². The largest absolute Gasteiger partial charge is 0.334 e. The van der Waals surface area contributed by atoms with Gasteiger partial charge >= 0.3 is 0 Å². The molecule has 2 aromatic rings. The first-order valence-corrected chi connectivity index (χ1v) is 13.4. The zero-order valence-electron chi connectivity index (χ0n) is 21.7. The lowest BCUT2D eigenvalue weighted by molar-refractivity contribution is -0.130. The minimum Gasteiger partial charge on any atom is -0.334 e. The maximum Gasteiger partial charge on any atom is 0.246 e. The lowest BCUT2D eigenvalue weighted by Gasteiger charge is -2.39. The highest BCUT2D eigenvalue weighted by Gasteiger charge is 2.26. The summed E-state index contributed by atoms with van der Waals surface area (Å²) in [6.45, 7) is 14.7. The Kier molecular flexibility index (Phi) is 9.18. The van der Waals surface area contributed by atoms with Crippen molar-refractivity contribution in [1.82, 2.24) is 19.6 Å². The summed E-state index contributed by atoms with van der Waals surface area (Å²) in [5.41, 5.74) is 3.28. The van der Waals surface area contributed by atoms with E-state index in [1.807, 2.05) is 41.3 Å². The third-order valence-electron chi connectivity index (χ3n) is 7.36. The third-order valence-corrected chi connectivity index (χ3v) is 7.59. The van der Waals surface area contributed by atoms with Crippen LogP contribution >= 0.6 is 11.6 Å². The summed E-state index contributed by atoms with van der Waals surface area (Å²) >= 11 is 6.33. The van der Waals surface area contributed by atoms with Crippen molar-refractivity contribution in [1.29, 1.82) is 0 Å². The van der Waals surface area contributed by atoms with E-state index in [4.69, 9.17) is 11.6 Å². The predicted molar refractivity (Wildman–Crippen MR) is 145 cm³/mol. The van der Waals surface area contributed by atoms with Gasteiger partial charge in [0.05, 0.1) is 0 Å². The van der Waals surface area contributed by atoms with E-state index in [0.717, 1.165) is 74.1 Å². The van der Waals surface area contributed by atoms with Crippen LogP contribution in [0, 0.1) is 5.82 Å². The number of amides is 1. The second kappa shape index (κ2) is 12.3. The van der Waals surface area contributed by atoms with Gasteiger partial charge < -0.3 is 4.90 Å². The maximum atomic E-state index is 13.2. The first-order valence-electron chi connectivity index (χ1n) is 13.0. The van der Waals surface area contributed by atoms with Gasteiger partial charge in [0.25, 0.3) is 0 Å². The molecule has 2 heterocycles. The van der Waals surface area contributed by atoms with Gasteiger partial charge in [-0.2, -0.15) is 0 Å². The topological polar surface area (TPSA) is 30.0 Å². The van der Waals surface area contributed by atoms with Gasteiger partial charge in [-0.25, -0.2) is 4.39 Å². The van der Waals surface area contributed by atoms with E-state index in [0.29, 0.717) is 12.6 Å². The van der Waals surface area contributed by atoms with Gasteiger partial charge in [0.15, 0.2) is 0 Å². The number of hydrogen-bond donors (Lipinski definition) is 0. The molecule has 5 nitrogen and oxygen atoms in total. The zero-order chi connectivity index (χ0) is 25.7. The molecule has 1 atom stereocenters. The van der Waals surface area contributed by atoms with Crippen molar-refractivity contribution in [3.05, 3.63) is 76.1 Å². The Labute approximate surface area is 220 Å². The summed E-state index contributed by atoms with van der Waals surface area (Å²) < 4.78 is 13.2. The summed E-state index contributed by atoms with van der Waals surface area (Å²) in [4.78, 5) is 22.3. The predicted octanol–water partition coefficient (Wildman–Crippen LogP) is 4.75. The summed E-state index contributed by atoms with van der Waals surface area (Å²) in [6, 6.07) is 13.3. The molecule has 1 unspecified atom stereocenters. The molecule has 7 heteroatoms. The van der Waals surface area contributed by atoms with Crippen molar-refractivity contribution in [3.8, 4) is 0 Å². The van der Waals surface area contributed by atoms with Gasteiger partial charge in [-0.15, -0.1) is 0 Å². The molecular formula is C29H38ClFN4O. The fourth-order valence-electron chi connectivity index (χ4n) is 5.16. The van der Waals surface area contributed by atoms with E-state index in [1.165, 1.54) is 12.1 Å². The molecule has 2 aromatic carbocycles. The molecular weight excluding hydrogens is 475 g/mol. The normalized spacial score (nSPS) is 20.5. The number of piperazine rings is 2. The molecule has 4 rings (SSSR count). The highest BCUT2D eigenvalue weighted by molar-refractivity contribution is 6.30. The lowest BCUT2D eigenvalue weighted by atomic mass is 10.1. The first kappa shape index (κ1) is 26.8. The number of halogens is 2. The van der Waals surface area contributed by atoms with Crippen LogP contribution in [0.15, 0.2) is 48.5 Å². The van der Waals surface area contributed by atoms with E-state index in [9.17, 15) is 9.18 Å². The average molecular weight is 513 g/mol. The van der Waals surface area contributed by atoms with Crippen molar-refractivity contribution in [3.63, 3.8) is 0 Å². The van der Waals surface area contributed by atoms with Crippen LogP contribution < -0.4 is 0 Å². The Balaban J connectivity index is 1.34.